The first-order chi connectivity index (χ1) is 5.22. The molecule has 0 saturated heterocycles. The molecule has 0 heterocycles. The molecule has 0 aliphatic rings. The molecular weight excluding hydrogens is 203 g/mol. The van der Waals surface area contributed by atoms with Crippen LogP contribution in [-0.2, 0) is 4.79 Å². The predicted octanol–water partition coefficient (Wildman–Crippen LogP) is -2.28. The van der Waals surface area contributed by atoms with E-state index in [4.69, 9.17) is 11.6 Å². The molecule has 1 aromatic carbocycles. The Morgan fingerprint density at radius 2 is 1.83 bits per heavy atom. The monoisotopic (exact) mass is 208 g/mol. The molecule has 4 heteroatoms. The van der Waals surface area contributed by atoms with E-state index in [0.29, 0.717) is 5.56 Å². The topological polar surface area (TPSA) is 40.1 Å². The first-order valence-corrected chi connectivity index (χ1v) is 3.55. The van der Waals surface area contributed by atoms with Crippen LogP contribution in [0.15, 0.2) is 30.3 Å². The predicted molar refractivity (Wildman–Crippen MR) is 40.0 cm³/mol. The second-order valence-electron chi connectivity index (χ2n) is 2.09. The van der Waals surface area contributed by atoms with E-state index >= 15 is 0 Å². The van der Waals surface area contributed by atoms with Crippen LogP contribution >= 0.6 is 11.6 Å². The number of carboxylic acids is 1. The number of benzene rings is 1. The molecule has 0 bridgehead atoms. The van der Waals surface area contributed by atoms with Crippen molar-refractivity contribution in [3.63, 3.8) is 0 Å². The number of hydrogen-bond donors (Lipinski definition) is 0. The van der Waals surface area contributed by atoms with Gasteiger partial charge in [0.15, 0.2) is 0 Å². The smallest absolute Gasteiger partial charge is 0.548 e. The van der Waals surface area contributed by atoms with Crippen LogP contribution in [0.1, 0.15) is 10.9 Å². The molecular formula is C8H6ClKO2. The number of carbonyl (C=O) groups excluding carboxylic acids is 1. The quantitative estimate of drug-likeness (QED) is 0.406. The average molecular weight is 209 g/mol. The molecule has 1 aromatic rings. The Hall–Kier alpha value is 0.616. The third-order valence-corrected chi connectivity index (χ3v) is 1.73. The molecule has 1 unspecified atom stereocenters. The van der Waals surface area contributed by atoms with E-state index in [0.717, 1.165) is 0 Å². The number of aliphatic carboxylic acids is 1. The molecule has 0 amide bonds. The molecule has 0 aromatic heterocycles. The van der Waals surface area contributed by atoms with E-state index in [9.17, 15) is 9.90 Å². The Balaban J connectivity index is 0.00000121. The van der Waals surface area contributed by atoms with Crippen LogP contribution in [0.5, 0.6) is 0 Å². The number of rotatable bonds is 2. The second-order valence-corrected chi connectivity index (χ2v) is 2.53. The zero-order chi connectivity index (χ0) is 8.27. The maximum atomic E-state index is 10.3. The van der Waals surface area contributed by atoms with Crippen molar-refractivity contribution < 1.29 is 61.3 Å². The third kappa shape index (κ3) is 3.56. The minimum atomic E-state index is -1.27. The van der Waals surface area contributed by atoms with Crippen molar-refractivity contribution in [1.29, 1.82) is 0 Å². The van der Waals surface area contributed by atoms with Gasteiger partial charge in [-0.05, 0) is 5.56 Å². The summed E-state index contributed by atoms with van der Waals surface area (Å²) in [6.07, 6.45) is 0. The normalized spacial score (nSPS) is 11.4. The van der Waals surface area contributed by atoms with Crippen LogP contribution in [0.4, 0.5) is 0 Å². The summed E-state index contributed by atoms with van der Waals surface area (Å²) in [5.74, 6) is -1.27. The Morgan fingerprint density at radius 3 is 2.25 bits per heavy atom. The van der Waals surface area contributed by atoms with Crippen molar-refractivity contribution >= 4 is 17.6 Å². The van der Waals surface area contributed by atoms with Crippen molar-refractivity contribution in [2.45, 2.75) is 5.38 Å². The maximum Gasteiger partial charge on any atom is 1.00 e. The number of alkyl halides is 1. The first kappa shape index (κ1) is 12.6. The third-order valence-electron chi connectivity index (χ3n) is 1.30. The number of hydrogen-bond acceptors (Lipinski definition) is 2. The molecule has 1 atom stereocenters. The number of halogens is 1. The Bertz CT molecular complexity index is 250. The standard InChI is InChI=1S/C8H7ClO2.K/c9-7(8(10)11)6-4-2-1-3-5-6;/h1-5,7H,(H,10,11);/q;+1/p-1. The molecule has 12 heavy (non-hydrogen) atoms. The van der Waals surface area contributed by atoms with E-state index in [2.05, 4.69) is 0 Å². The molecule has 0 fully saturated rings. The van der Waals surface area contributed by atoms with Gasteiger partial charge in [-0.25, -0.2) is 0 Å². The average Bonchev–Trinajstić information content (AvgIpc) is 2.05. The van der Waals surface area contributed by atoms with E-state index in [1.165, 1.54) is 0 Å². The van der Waals surface area contributed by atoms with Gasteiger partial charge in [-0.2, -0.15) is 0 Å². The summed E-state index contributed by atoms with van der Waals surface area (Å²) in [6, 6.07) is 8.55. The van der Waals surface area contributed by atoms with Gasteiger partial charge in [-0.15, -0.1) is 11.6 Å². The van der Waals surface area contributed by atoms with Gasteiger partial charge in [0.05, 0.1) is 11.3 Å². The van der Waals surface area contributed by atoms with Gasteiger partial charge in [0.2, 0.25) is 0 Å². The van der Waals surface area contributed by atoms with Crippen molar-refractivity contribution in [3.05, 3.63) is 35.9 Å². The fourth-order valence-corrected chi connectivity index (χ4v) is 0.904. The summed E-state index contributed by atoms with van der Waals surface area (Å²) in [5, 5.41) is 9.21. The van der Waals surface area contributed by atoms with Crippen LogP contribution in [0, 0.1) is 0 Å². The summed E-state index contributed by atoms with van der Waals surface area (Å²) in [5.41, 5.74) is 0.550. The summed E-state index contributed by atoms with van der Waals surface area (Å²) < 4.78 is 0. The summed E-state index contributed by atoms with van der Waals surface area (Å²) in [4.78, 5) is 10.3. The van der Waals surface area contributed by atoms with Gasteiger partial charge in [0.1, 0.15) is 0 Å². The van der Waals surface area contributed by atoms with Crippen molar-refractivity contribution in [1.82, 2.24) is 0 Å². The molecule has 0 aliphatic carbocycles. The molecule has 0 spiro atoms. The Morgan fingerprint density at radius 1 is 1.33 bits per heavy atom. The molecule has 2 nitrogen and oxygen atoms in total. The van der Waals surface area contributed by atoms with E-state index in [-0.39, 0.29) is 51.4 Å². The van der Waals surface area contributed by atoms with Crippen molar-refractivity contribution in [2.24, 2.45) is 0 Å². The van der Waals surface area contributed by atoms with Gasteiger partial charge >= 0.3 is 51.4 Å². The van der Waals surface area contributed by atoms with Gasteiger partial charge in [-0.3, -0.25) is 0 Å². The second kappa shape index (κ2) is 6.13. The molecule has 0 radical (unpaired) electrons. The fourth-order valence-electron chi connectivity index (χ4n) is 0.758. The largest absolute Gasteiger partial charge is 1.00 e. The van der Waals surface area contributed by atoms with E-state index < -0.39 is 11.3 Å². The molecule has 0 saturated carbocycles. The zero-order valence-electron chi connectivity index (χ0n) is 6.66. The summed E-state index contributed by atoms with van der Waals surface area (Å²) >= 11 is 5.48. The molecule has 0 aliphatic heterocycles. The van der Waals surface area contributed by atoms with Crippen LogP contribution < -0.4 is 56.5 Å². The minimum absolute atomic E-state index is 0. The zero-order valence-corrected chi connectivity index (χ0v) is 10.5. The summed E-state index contributed by atoms with van der Waals surface area (Å²) in [7, 11) is 0. The van der Waals surface area contributed by atoms with Crippen LogP contribution in [0.2, 0.25) is 0 Å². The molecule has 1 rings (SSSR count). The van der Waals surface area contributed by atoms with E-state index in [1.807, 2.05) is 0 Å². The van der Waals surface area contributed by atoms with Crippen LogP contribution in [0.3, 0.4) is 0 Å². The number of carbonyl (C=O) groups is 1. The Labute approximate surface area is 118 Å². The van der Waals surface area contributed by atoms with Gasteiger partial charge < -0.3 is 9.90 Å². The van der Waals surface area contributed by atoms with E-state index in [1.54, 1.807) is 30.3 Å². The molecule has 58 valence electrons. The molecule has 0 N–H and O–H groups in total. The van der Waals surface area contributed by atoms with Gasteiger partial charge in [0.25, 0.3) is 0 Å². The van der Waals surface area contributed by atoms with Crippen molar-refractivity contribution in [3.8, 4) is 0 Å². The fraction of sp³-hybridized carbons (Fsp3) is 0.125. The van der Waals surface area contributed by atoms with Crippen LogP contribution in [-0.4, -0.2) is 5.97 Å². The first-order valence-electron chi connectivity index (χ1n) is 3.11. The maximum absolute atomic E-state index is 10.3. The van der Waals surface area contributed by atoms with Gasteiger partial charge in [0, 0.05) is 0 Å². The van der Waals surface area contributed by atoms with Gasteiger partial charge in [-0.1, -0.05) is 30.3 Å². The summed E-state index contributed by atoms with van der Waals surface area (Å²) in [6.45, 7) is 0. The van der Waals surface area contributed by atoms with Crippen molar-refractivity contribution in [2.75, 3.05) is 0 Å². The Kier molecular flexibility index (Phi) is 6.44. The minimum Gasteiger partial charge on any atom is -0.548 e. The number of carboxylic acid groups (broad SMARTS) is 1. The SMILES string of the molecule is O=C([O-])C(Cl)c1ccccc1.[K+]. The van der Waals surface area contributed by atoms with Crippen LogP contribution in [0.25, 0.3) is 0 Å².